The van der Waals surface area contributed by atoms with E-state index in [0.29, 0.717) is 6.79 Å². The highest BCUT2D eigenvalue weighted by Crippen LogP contribution is 2.36. The molecule has 2 aliphatic heterocycles. The first kappa shape index (κ1) is 21.0. The van der Waals surface area contributed by atoms with Crippen molar-refractivity contribution >= 4 is 17.2 Å². The molecule has 1 aromatic carbocycles. The van der Waals surface area contributed by atoms with Gasteiger partial charge in [0.2, 0.25) is 6.79 Å². The summed E-state index contributed by atoms with van der Waals surface area (Å²) in [4.78, 5) is 20.7. The number of carbonyl (C=O) groups excluding carboxylic acids is 1. The number of amides is 1. The largest absolute Gasteiger partial charge is 0.454 e. The lowest BCUT2D eigenvalue weighted by Gasteiger charge is -2.37. The predicted molar refractivity (Wildman–Crippen MR) is 124 cm³/mol. The molecular weight excluding hydrogens is 422 g/mol. The normalized spacial score (nSPS) is 19.0. The van der Waals surface area contributed by atoms with Gasteiger partial charge in [0.25, 0.3) is 5.91 Å². The fourth-order valence-corrected chi connectivity index (χ4v) is 5.24. The summed E-state index contributed by atoms with van der Waals surface area (Å²) in [5.41, 5.74) is 3.39. The second-order valence-corrected chi connectivity index (χ2v) is 9.40. The Balaban J connectivity index is 1.34. The summed E-state index contributed by atoms with van der Waals surface area (Å²) in [5, 5.41) is 5.21. The minimum absolute atomic E-state index is 0.0283. The fourth-order valence-electron chi connectivity index (χ4n) is 4.62. The van der Waals surface area contributed by atoms with E-state index < -0.39 is 0 Å². The molecule has 0 radical (unpaired) electrons. The van der Waals surface area contributed by atoms with Gasteiger partial charge in [-0.2, -0.15) is 0 Å². The highest BCUT2D eigenvalue weighted by atomic mass is 32.1. The van der Waals surface area contributed by atoms with Crippen molar-refractivity contribution in [3.8, 4) is 11.5 Å². The first-order chi connectivity index (χ1) is 15.7. The summed E-state index contributed by atoms with van der Waals surface area (Å²) in [7, 11) is 0. The standard InChI is InChI=1S/C25H27N3O3S/c1-17-12-21-22(31-16-30-21)13-19(17)15-28-10-4-6-18(14-28)24(20-7-2-3-9-26-20)27-25(29)23-8-5-11-32-23/h2-3,5,7-9,11-13,18,24H,4,6,10,14-16H2,1H3,(H,27,29)/t18-,24+/m1/s1. The van der Waals surface area contributed by atoms with E-state index in [-0.39, 0.29) is 17.9 Å². The van der Waals surface area contributed by atoms with Gasteiger partial charge in [0.05, 0.1) is 16.6 Å². The second kappa shape index (κ2) is 9.30. The Hall–Kier alpha value is -2.90. The summed E-state index contributed by atoms with van der Waals surface area (Å²) in [6.07, 6.45) is 3.95. The number of hydrogen-bond donors (Lipinski definition) is 1. The highest BCUT2D eigenvalue weighted by Gasteiger charge is 2.31. The first-order valence-corrected chi connectivity index (χ1v) is 11.9. The van der Waals surface area contributed by atoms with E-state index in [0.717, 1.165) is 54.5 Å². The van der Waals surface area contributed by atoms with E-state index in [4.69, 9.17) is 9.47 Å². The molecule has 6 nitrogen and oxygen atoms in total. The van der Waals surface area contributed by atoms with E-state index in [1.165, 1.54) is 22.5 Å². The molecule has 1 saturated heterocycles. The summed E-state index contributed by atoms with van der Waals surface area (Å²) in [5.74, 6) is 1.92. The first-order valence-electron chi connectivity index (χ1n) is 11.0. The second-order valence-electron chi connectivity index (χ2n) is 8.45. The van der Waals surface area contributed by atoms with Crippen LogP contribution >= 0.6 is 11.3 Å². The van der Waals surface area contributed by atoms with Gasteiger partial charge in [0.1, 0.15) is 0 Å². The summed E-state index contributed by atoms with van der Waals surface area (Å²) in [6.45, 7) is 5.21. The maximum Gasteiger partial charge on any atom is 0.261 e. The molecule has 7 heteroatoms. The van der Waals surface area contributed by atoms with E-state index >= 15 is 0 Å². The van der Waals surface area contributed by atoms with E-state index in [2.05, 4.69) is 34.3 Å². The molecular formula is C25H27N3O3S. The van der Waals surface area contributed by atoms with Crippen molar-refractivity contribution in [2.24, 2.45) is 5.92 Å². The Labute approximate surface area is 192 Å². The van der Waals surface area contributed by atoms with Gasteiger partial charge in [-0.05, 0) is 79.1 Å². The molecule has 0 unspecified atom stereocenters. The molecule has 166 valence electrons. The molecule has 1 fully saturated rings. The van der Waals surface area contributed by atoms with Crippen molar-refractivity contribution in [2.45, 2.75) is 32.4 Å². The topological polar surface area (TPSA) is 63.7 Å². The molecule has 3 aromatic rings. The van der Waals surface area contributed by atoms with Crippen molar-refractivity contribution in [3.05, 3.63) is 75.7 Å². The molecule has 0 saturated carbocycles. The number of thiophene rings is 1. The number of pyridine rings is 1. The molecule has 32 heavy (non-hydrogen) atoms. The molecule has 4 heterocycles. The summed E-state index contributed by atoms with van der Waals surface area (Å²) < 4.78 is 11.1. The predicted octanol–water partition coefficient (Wildman–Crippen LogP) is 4.56. The number of fused-ring (bicyclic) bond motifs is 1. The van der Waals surface area contributed by atoms with Gasteiger partial charge in [0.15, 0.2) is 11.5 Å². The number of aryl methyl sites for hydroxylation is 1. The molecule has 2 aliphatic rings. The van der Waals surface area contributed by atoms with Crippen molar-refractivity contribution in [1.82, 2.24) is 15.2 Å². The van der Waals surface area contributed by atoms with Crippen LogP contribution in [0.15, 0.2) is 54.0 Å². The van der Waals surface area contributed by atoms with Crippen LogP contribution in [0.25, 0.3) is 0 Å². The Bertz CT molecular complexity index is 1070. The third-order valence-corrected chi connectivity index (χ3v) is 7.15. The number of carbonyl (C=O) groups is 1. The zero-order valence-electron chi connectivity index (χ0n) is 18.1. The van der Waals surface area contributed by atoms with Gasteiger partial charge in [-0.25, -0.2) is 0 Å². The average molecular weight is 450 g/mol. The monoisotopic (exact) mass is 449 g/mol. The van der Waals surface area contributed by atoms with Crippen LogP contribution in [-0.4, -0.2) is 35.7 Å². The van der Waals surface area contributed by atoms with Crippen molar-refractivity contribution < 1.29 is 14.3 Å². The molecule has 2 aromatic heterocycles. The Morgan fingerprint density at radius 1 is 1.25 bits per heavy atom. The maximum absolute atomic E-state index is 12.9. The van der Waals surface area contributed by atoms with Gasteiger partial charge in [-0.1, -0.05) is 12.1 Å². The van der Waals surface area contributed by atoms with Crippen LogP contribution in [0.1, 0.15) is 45.4 Å². The van der Waals surface area contributed by atoms with Gasteiger partial charge < -0.3 is 14.8 Å². The fraction of sp³-hybridized carbons (Fsp3) is 0.360. The maximum atomic E-state index is 12.9. The number of aromatic nitrogens is 1. The number of nitrogens with zero attached hydrogens (tertiary/aromatic N) is 2. The van der Waals surface area contributed by atoms with E-state index in [1.54, 1.807) is 6.20 Å². The highest BCUT2D eigenvalue weighted by molar-refractivity contribution is 7.12. The van der Waals surface area contributed by atoms with Crippen LogP contribution in [-0.2, 0) is 6.54 Å². The van der Waals surface area contributed by atoms with Crippen LogP contribution in [0.5, 0.6) is 11.5 Å². The lowest BCUT2D eigenvalue weighted by Crippen LogP contribution is -2.43. The molecule has 0 bridgehead atoms. The zero-order valence-corrected chi connectivity index (χ0v) is 18.9. The van der Waals surface area contributed by atoms with Gasteiger partial charge >= 0.3 is 0 Å². The average Bonchev–Trinajstić information content (AvgIpc) is 3.50. The van der Waals surface area contributed by atoms with Crippen LogP contribution in [0, 0.1) is 12.8 Å². The summed E-state index contributed by atoms with van der Waals surface area (Å²) >= 11 is 1.46. The van der Waals surface area contributed by atoms with Crippen LogP contribution in [0.4, 0.5) is 0 Å². The Morgan fingerprint density at radius 3 is 2.91 bits per heavy atom. The number of hydrogen-bond acceptors (Lipinski definition) is 6. The number of benzene rings is 1. The van der Waals surface area contributed by atoms with Crippen LogP contribution in [0.2, 0.25) is 0 Å². The molecule has 5 rings (SSSR count). The van der Waals surface area contributed by atoms with Crippen LogP contribution in [0.3, 0.4) is 0 Å². The summed E-state index contributed by atoms with van der Waals surface area (Å²) in [6, 6.07) is 13.7. The number of likely N-dealkylation sites (tertiary alicyclic amines) is 1. The SMILES string of the molecule is Cc1cc2c(cc1CN1CCC[C@@H]([C@H](NC(=O)c3cccs3)c3ccccn3)C1)OCO2. The van der Waals surface area contributed by atoms with Crippen molar-refractivity contribution in [2.75, 3.05) is 19.9 Å². The lowest BCUT2D eigenvalue weighted by molar-refractivity contribution is 0.0879. The Kier molecular flexibility index (Phi) is 6.10. The number of nitrogens with one attached hydrogen (secondary N) is 1. The molecule has 0 aliphatic carbocycles. The van der Waals surface area contributed by atoms with Crippen LogP contribution < -0.4 is 14.8 Å². The molecule has 0 spiro atoms. The minimum atomic E-state index is -0.119. The Morgan fingerprint density at radius 2 is 2.12 bits per heavy atom. The molecule has 1 N–H and O–H groups in total. The third kappa shape index (κ3) is 4.49. The van der Waals surface area contributed by atoms with Gasteiger partial charge in [-0.15, -0.1) is 11.3 Å². The van der Waals surface area contributed by atoms with Gasteiger partial charge in [-0.3, -0.25) is 14.7 Å². The van der Waals surface area contributed by atoms with E-state index in [1.807, 2.05) is 35.7 Å². The van der Waals surface area contributed by atoms with Gasteiger partial charge in [0, 0.05) is 19.3 Å². The lowest BCUT2D eigenvalue weighted by atomic mass is 9.88. The van der Waals surface area contributed by atoms with Crippen molar-refractivity contribution in [3.63, 3.8) is 0 Å². The number of ether oxygens (including phenoxy) is 2. The minimum Gasteiger partial charge on any atom is -0.454 e. The number of piperidine rings is 1. The smallest absolute Gasteiger partial charge is 0.261 e. The molecule has 1 amide bonds. The van der Waals surface area contributed by atoms with E-state index in [9.17, 15) is 4.79 Å². The molecule has 2 atom stereocenters. The van der Waals surface area contributed by atoms with Crippen molar-refractivity contribution in [1.29, 1.82) is 0 Å². The number of rotatable bonds is 6. The quantitative estimate of drug-likeness (QED) is 0.598. The third-order valence-electron chi connectivity index (χ3n) is 6.28. The zero-order chi connectivity index (χ0) is 21.9.